The number of nitrogens with one attached hydrogen (secondary N) is 2. The Bertz CT molecular complexity index is 1240. The molecule has 2 bridgehead atoms. The number of hydrogen-bond acceptors (Lipinski definition) is 4. The van der Waals surface area contributed by atoms with E-state index in [-0.39, 0.29) is 12.7 Å². The van der Waals surface area contributed by atoms with E-state index < -0.39 is 0 Å². The van der Waals surface area contributed by atoms with Gasteiger partial charge in [0.15, 0.2) is 11.5 Å². The van der Waals surface area contributed by atoms with Gasteiger partial charge in [0.1, 0.15) is 0 Å². The summed E-state index contributed by atoms with van der Waals surface area (Å²) in [4.78, 5) is 13.1. The van der Waals surface area contributed by atoms with Crippen molar-refractivity contribution < 1.29 is 14.3 Å². The summed E-state index contributed by atoms with van der Waals surface area (Å²) in [5.41, 5.74) is 5.28. The zero-order valence-corrected chi connectivity index (χ0v) is 18.3. The monoisotopic (exact) mass is 438 g/mol. The number of carbonyl (C=O) groups is 1. The number of anilines is 2. The summed E-state index contributed by atoms with van der Waals surface area (Å²) in [5.74, 6) is 3.87. The van der Waals surface area contributed by atoms with Crippen LogP contribution in [-0.2, 0) is 0 Å². The van der Waals surface area contributed by atoms with E-state index in [0.29, 0.717) is 40.6 Å². The molecule has 5 heteroatoms. The molecule has 2 aliphatic carbocycles. The molecule has 2 aliphatic heterocycles. The van der Waals surface area contributed by atoms with Crippen LogP contribution in [0, 0.1) is 17.8 Å². The van der Waals surface area contributed by atoms with Gasteiger partial charge < -0.3 is 20.1 Å². The quantitative estimate of drug-likeness (QED) is 0.529. The molecule has 0 saturated heterocycles. The summed E-state index contributed by atoms with van der Waals surface area (Å²) >= 11 is 0. The van der Waals surface area contributed by atoms with Crippen LogP contribution in [0.25, 0.3) is 0 Å². The molecule has 33 heavy (non-hydrogen) atoms. The van der Waals surface area contributed by atoms with Crippen LogP contribution in [0.5, 0.6) is 11.5 Å². The van der Waals surface area contributed by atoms with Crippen molar-refractivity contribution in [3.05, 3.63) is 83.4 Å². The Balaban J connectivity index is 1.21. The van der Waals surface area contributed by atoms with E-state index in [1.54, 1.807) is 0 Å². The highest BCUT2D eigenvalue weighted by Crippen LogP contribution is 2.63. The zero-order chi connectivity index (χ0) is 21.9. The normalized spacial score (nSPS) is 28.1. The Morgan fingerprint density at radius 3 is 2.67 bits per heavy atom. The highest BCUT2D eigenvalue weighted by molar-refractivity contribution is 6.05. The van der Waals surface area contributed by atoms with E-state index in [0.717, 1.165) is 11.8 Å². The summed E-state index contributed by atoms with van der Waals surface area (Å²) < 4.78 is 10.8. The number of fused-ring (bicyclic) bond motifs is 8. The van der Waals surface area contributed by atoms with Crippen LogP contribution in [0.4, 0.5) is 11.4 Å². The number of hydrogen-bond donors (Lipinski definition) is 2. The maximum absolute atomic E-state index is 13.1. The molecule has 0 spiro atoms. The average Bonchev–Trinajstić information content (AvgIpc) is 3.60. The van der Waals surface area contributed by atoms with Crippen LogP contribution in [0.2, 0.25) is 0 Å². The van der Waals surface area contributed by atoms with Gasteiger partial charge in [-0.05, 0) is 84.4 Å². The molecular formula is C28H26N2O3. The minimum atomic E-state index is -0.0958. The number of rotatable bonds is 3. The predicted molar refractivity (Wildman–Crippen MR) is 127 cm³/mol. The third kappa shape index (κ3) is 3.02. The lowest BCUT2D eigenvalue weighted by molar-refractivity contribution is 0.102. The second kappa shape index (κ2) is 7.27. The van der Waals surface area contributed by atoms with E-state index in [2.05, 4.69) is 53.1 Å². The summed E-state index contributed by atoms with van der Waals surface area (Å²) in [6.07, 6.45) is 3.95. The average molecular weight is 439 g/mol. The molecule has 0 radical (unpaired) electrons. The Labute approximate surface area is 193 Å². The lowest BCUT2D eigenvalue weighted by atomic mass is 9.68. The SMILES string of the molecule is O=C(Nc1ccc2c(c1)OCO2)c1ccc2c(c1)[C@H]1[C@H]3CC[C@H](C3)[C@H]1[C@H](c1ccccc1)N2. The van der Waals surface area contributed by atoms with Gasteiger partial charge in [-0.2, -0.15) is 0 Å². The topological polar surface area (TPSA) is 59.6 Å². The summed E-state index contributed by atoms with van der Waals surface area (Å²) in [6.45, 7) is 0.221. The van der Waals surface area contributed by atoms with Crippen LogP contribution in [0.15, 0.2) is 66.7 Å². The van der Waals surface area contributed by atoms with E-state index in [9.17, 15) is 4.79 Å². The van der Waals surface area contributed by atoms with Crippen LogP contribution in [-0.4, -0.2) is 12.7 Å². The molecule has 2 saturated carbocycles. The van der Waals surface area contributed by atoms with Gasteiger partial charge in [-0.15, -0.1) is 0 Å². The highest BCUT2D eigenvalue weighted by Gasteiger charge is 2.53. The van der Waals surface area contributed by atoms with Gasteiger partial charge in [0, 0.05) is 23.0 Å². The Hall–Kier alpha value is -3.47. The molecule has 2 heterocycles. The fourth-order valence-corrected chi connectivity index (χ4v) is 6.80. The lowest BCUT2D eigenvalue weighted by Gasteiger charge is -2.43. The zero-order valence-electron chi connectivity index (χ0n) is 18.3. The van der Waals surface area contributed by atoms with Crippen molar-refractivity contribution in [2.24, 2.45) is 17.8 Å². The summed E-state index contributed by atoms with van der Waals surface area (Å²) in [7, 11) is 0. The maximum Gasteiger partial charge on any atom is 0.255 e. The standard InChI is InChI=1S/C28H26N2O3/c31-28(29-20-9-11-23-24(14-20)33-15-32-23)19-8-10-22-21(13-19)25-17-6-7-18(12-17)26(25)27(30-22)16-4-2-1-3-5-16/h1-5,8-11,13-14,17-18,25-27,30H,6-7,12,15H2,(H,29,31)/t17-,18+,25+,26+,27-/m0/s1. The van der Waals surface area contributed by atoms with Crippen LogP contribution in [0.3, 0.4) is 0 Å². The first-order valence-electron chi connectivity index (χ1n) is 11.9. The van der Waals surface area contributed by atoms with Crippen LogP contribution < -0.4 is 20.1 Å². The van der Waals surface area contributed by atoms with Crippen molar-refractivity contribution in [1.29, 1.82) is 0 Å². The Morgan fingerprint density at radius 1 is 0.909 bits per heavy atom. The molecule has 5 atom stereocenters. The minimum Gasteiger partial charge on any atom is -0.454 e. The number of amides is 1. The van der Waals surface area contributed by atoms with Crippen molar-refractivity contribution in [2.45, 2.75) is 31.2 Å². The van der Waals surface area contributed by atoms with Gasteiger partial charge in [-0.3, -0.25) is 4.79 Å². The summed E-state index contributed by atoms with van der Waals surface area (Å²) in [6, 6.07) is 22.9. The van der Waals surface area contributed by atoms with E-state index in [4.69, 9.17) is 9.47 Å². The number of ether oxygens (including phenoxy) is 2. The summed E-state index contributed by atoms with van der Waals surface area (Å²) in [5, 5.41) is 6.88. The molecule has 0 unspecified atom stereocenters. The third-order valence-electron chi connectivity index (χ3n) is 8.14. The van der Waals surface area contributed by atoms with Gasteiger partial charge in [0.25, 0.3) is 5.91 Å². The third-order valence-corrected chi connectivity index (χ3v) is 8.14. The molecule has 2 N–H and O–H groups in total. The van der Waals surface area contributed by atoms with E-state index in [1.807, 2.05) is 24.3 Å². The van der Waals surface area contributed by atoms with Crippen LogP contribution >= 0.6 is 0 Å². The van der Waals surface area contributed by atoms with Crippen LogP contribution in [0.1, 0.15) is 52.7 Å². The first-order valence-corrected chi connectivity index (χ1v) is 11.9. The fourth-order valence-electron chi connectivity index (χ4n) is 6.80. The molecule has 4 aliphatic rings. The highest BCUT2D eigenvalue weighted by atomic mass is 16.7. The van der Waals surface area contributed by atoms with E-state index >= 15 is 0 Å². The molecule has 2 fully saturated rings. The fraction of sp³-hybridized carbons (Fsp3) is 0.321. The number of carbonyl (C=O) groups excluding carboxylic acids is 1. The van der Waals surface area contributed by atoms with E-state index in [1.165, 1.54) is 36.1 Å². The van der Waals surface area contributed by atoms with Gasteiger partial charge in [0.05, 0.1) is 6.04 Å². The predicted octanol–water partition coefficient (Wildman–Crippen LogP) is 5.96. The molecule has 7 rings (SSSR count). The molecular weight excluding hydrogens is 412 g/mol. The van der Waals surface area contributed by atoms with Crippen molar-refractivity contribution in [2.75, 3.05) is 17.4 Å². The molecule has 3 aromatic carbocycles. The van der Waals surface area contributed by atoms with Crippen molar-refractivity contribution >= 4 is 17.3 Å². The lowest BCUT2D eigenvalue weighted by Crippen LogP contribution is -2.35. The van der Waals surface area contributed by atoms with Gasteiger partial charge in [-0.1, -0.05) is 30.3 Å². The van der Waals surface area contributed by atoms with Crippen molar-refractivity contribution in [3.63, 3.8) is 0 Å². The molecule has 3 aromatic rings. The van der Waals surface area contributed by atoms with Crippen molar-refractivity contribution in [1.82, 2.24) is 0 Å². The van der Waals surface area contributed by atoms with Gasteiger partial charge in [0.2, 0.25) is 6.79 Å². The Morgan fingerprint density at radius 2 is 1.76 bits per heavy atom. The molecule has 0 aromatic heterocycles. The second-order valence-electron chi connectivity index (χ2n) is 9.79. The minimum absolute atomic E-state index is 0.0958. The first kappa shape index (κ1) is 19.0. The first-order chi connectivity index (χ1) is 16.2. The second-order valence-corrected chi connectivity index (χ2v) is 9.79. The molecule has 5 nitrogen and oxygen atoms in total. The number of benzene rings is 3. The molecule has 1 amide bonds. The van der Waals surface area contributed by atoms with Gasteiger partial charge in [-0.25, -0.2) is 0 Å². The Kier molecular flexibility index (Phi) is 4.20. The largest absolute Gasteiger partial charge is 0.454 e. The van der Waals surface area contributed by atoms with Crippen molar-refractivity contribution in [3.8, 4) is 11.5 Å². The van der Waals surface area contributed by atoms with Gasteiger partial charge >= 0.3 is 0 Å². The maximum atomic E-state index is 13.1. The smallest absolute Gasteiger partial charge is 0.255 e. The molecule has 166 valence electrons.